The lowest BCUT2D eigenvalue weighted by atomic mass is 10.2. The van der Waals surface area contributed by atoms with E-state index in [0.717, 1.165) is 13.1 Å². The van der Waals surface area contributed by atoms with E-state index in [1.807, 2.05) is 0 Å². The Labute approximate surface area is 84.1 Å². The van der Waals surface area contributed by atoms with Crippen molar-refractivity contribution in [2.75, 3.05) is 0 Å². The van der Waals surface area contributed by atoms with Crippen molar-refractivity contribution in [1.82, 2.24) is 5.32 Å². The molecule has 0 aliphatic carbocycles. The average Bonchev–Trinajstić information content (AvgIpc) is 2.12. The Bertz CT molecular complexity index is 338. The van der Waals surface area contributed by atoms with Crippen molar-refractivity contribution >= 4 is 5.94 Å². The Kier molecular flexibility index (Phi) is 4.47. The molecule has 0 aromatic heterocycles. The van der Waals surface area contributed by atoms with E-state index in [1.54, 1.807) is 0 Å². The zero-order valence-corrected chi connectivity index (χ0v) is 7.85. The molecule has 0 heterocycles. The lowest BCUT2D eigenvalue weighted by Crippen LogP contribution is -2.21. The number of carbonyl (C=O) groups excluding carboxylic acids is 1. The SMILES string of the molecule is C/C(=C\C(N)=C(\N)NC=C=O)C(F)(F)F. The molecule has 84 valence electrons. The molecule has 0 bridgehead atoms. The van der Waals surface area contributed by atoms with Crippen molar-refractivity contribution in [3.05, 3.63) is 29.4 Å². The summed E-state index contributed by atoms with van der Waals surface area (Å²) in [6.07, 6.45) is -2.99. The predicted octanol–water partition coefficient (Wildman–Crippen LogP) is 0.516. The number of rotatable bonds is 3. The highest BCUT2D eigenvalue weighted by Crippen LogP contribution is 2.25. The van der Waals surface area contributed by atoms with E-state index >= 15 is 0 Å². The molecule has 15 heavy (non-hydrogen) atoms. The maximum atomic E-state index is 12.0. The quantitative estimate of drug-likeness (QED) is 0.479. The minimum atomic E-state index is -4.45. The maximum Gasteiger partial charge on any atom is 0.412 e. The highest BCUT2D eigenvalue weighted by Gasteiger charge is 2.29. The van der Waals surface area contributed by atoms with E-state index in [1.165, 1.54) is 5.94 Å². The fourth-order valence-corrected chi connectivity index (χ4v) is 0.583. The Balaban J connectivity index is 4.86. The van der Waals surface area contributed by atoms with Gasteiger partial charge in [0.2, 0.25) is 0 Å². The van der Waals surface area contributed by atoms with Crippen LogP contribution in [0.1, 0.15) is 6.92 Å². The van der Waals surface area contributed by atoms with Crippen molar-refractivity contribution in [3.63, 3.8) is 0 Å². The van der Waals surface area contributed by atoms with E-state index in [4.69, 9.17) is 11.5 Å². The molecule has 0 atom stereocenters. The van der Waals surface area contributed by atoms with Crippen LogP contribution in [0.15, 0.2) is 29.4 Å². The first-order chi connectivity index (χ1) is 6.79. The molecule has 0 aliphatic rings. The summed E-state index contributed by atoms with van der Waals surface area (Å²) < 4.78 is 36.1. The second kappa shape index (κ2) is 5.11. The summed E-state index contributed by atoms with van der Waals surface area (Å²) in [7, 11) is 0. The van der Waals surface area contributed by atoms with Crippen molar-refractivity contribution in [1.29, 1.82) is 0 Å². The number of alkyl halides is 3. The summed E-state index contributed by atoms with van der Waals surface area (Å²) in [6.45, 7) is 0.857. The van der Waals surface area contributed by atoms with Crippen LogP contribution in [0.3, 0.4) is 0 Å². The maximum absolute atomic E-state index is 12.0. The van der Waals surface area contributed by atoms with Gasteiger partial charge in [-0.15, -0.1) is 0 Å². The largest absolute Gasteiger partial charge is 0.412 e. The molecule has 7 heteroatoms. The van der Waals surface area contributed by atoms with Gasteiger partial charge in [-0.2, -0.15) is 13.2 Å². The number of nitrogens with two attached hydrogens (primary N) is 2. The fourth-order valence-electron chi connectivity index (χ4n) is 0.583. The highest BCUT2D eigenvalue weighted by atomic mass is 19.4. The normalized spacial score (nSPS) is 14.0. The lowest BCUT2D eigenvalue weighted by Gasteiger charge is -2.07. The van der Waals surface area contributed by atoms with Crippen molar-refractivity contribution in [2.24, 2.45) is 11.5 Å². The van der Waals surface area contributed by atoms with Crippen LogP contribution in [0.25, 0.3) is 0 Å². The highest BCUT2D eigenvalue weighted by molar-refractivity contribution is 5.45. The fraction of sp³-hybridized carbons (Fsp3) is 0.250. The molecular weight excluding hydrogens is 211 g/mol. The van der Waals surface area contributed by atoms with Gasteiger partial charge in [0.1, 0.15) is 11.8 Å². The molecule has 4 nitrogen and oxygen atoms in total. The van der Waals surface area contributed by atoms with Crippen LogP contribution in [-0.2, 0) is 4.79 Å². The Morgan fingerprint density at radius 3 is 2.33 bits per heavy atom. The van der Waals surface area contributed by atoms with Gasteiger partial charge in [0.15, 0.2) is 0 Å². The van der Waals surface area contributed by atoms with Crippen LogP contribution < -0.4 is 16.8 Å². The van der Waals surface area contributed by atoms with Crippen LogP contribution in [-0.4, -0.2) is 12.1 Å². The monoisotopic (exact) mass is 221 g/mol. The minimum Gasteiger partial charge on any atom is -0.396 e. The van der Waals surface area contributed by atoms with Gasteiger partial charge in [0, 0.05) is 5.57 Å². The number of nitrogens with one attached hydrogen (secondary N) is 1. The van der Waals surface area contributed by atoms with E-state index in [2.05, 4.69) is 5.32 Å². The lowest BCUT2D eigenvalue weighted by molar-refractivity contribution is -0.0913. The Morgan fingerprint density at radius 1 is 1.40 bits per heavy atom. The van der Waals surface area contributed by atoms with E-state index in [9.17, 15) is 18.0 Å². The van der Waals surface area contributed by atoms with Crippen LogP contribution in [0.5, 0.6) is 0 Å². The molecule has 0 aliphatic heterocycles. The third kappa shape index (κ3) is 4.78. The van der Waals surface area contributed by atoms with Gasteiger partial charge in [-0.25, -0.2) is 4.79 Å². The Hall–Kier alpha value is -1.88. The Morgan fingerprint density at radius 2 is 1.93 bits per heavy atom. The van der Waals surface area contributed by atoms with Gasteiger partial charge in [-0.1, -0.05) is 0 Å². The molecule has 0 aromatic rings. The standard InChI is InChI=1S/C8H10F3N3O/c1-5(8(9,10)11)4-6(12)7(13)14-2-3-15/h2,4,14H,12-13H2,1H3/b5-4+,7-6+. The summed E-state index contributed by atoms with van der Waals surface area (Å²) in [5.74, 6) is 1.09. The van der Waals surface area contributed by atoms with E-state index in [-0.39, 0.29) is 11.5 Å². The summed E-state index contributed by atoms with van der Waals surface area (Å²) in [5, 5.41) is 2.16. The number of hydrogen-bond donors (Lipinski definition) is 3. The zero-order valence-electron chi connectivity index (χ0n) is 7.85. The summed E-state index contributed by atoms with van der Waals surface area (Å²) in [5.41, 5.74) is 9.24. The van der Waals surface area contributed by atoms with Crippen LogP contribution in [0.2, 0.25) is 0 Å². The molecule has 0 spiro atoms. The summed E-state index contributed by atoms with van der Waals surface area (Å²) >= 11 is 0. The van der Waals surface area contributed by atoms with Gasteiger partial charge >= 0.3 is 6.18 Å². The molecule has 0 amide bonds. The third-order valence-electron chi connectivity index (χ3n) is 1.42. The van der Waals surface area contributed by atoms with Crippen molar-refractivity contribution in [3.8, 4) is 0 Å². The van der Waals surface area contributed by atoms with Crippen molar-refractivity contribution in [2.45, 2.75) is 13.1 Å². The number of allylic oxidation sites excluding steroid dienone is 2. The predicted molar refractivity (Wildman–Crippen MR) is 48.6 cm³/mol. The first-order valence-corrected chi connectivity index (χ1v) is 3.75. The smallest absolute Gasteiger partial charge is 0.396 e. The van der Waals surface area contributed by atoms with E-state index < -0.39 is 11.7 Å². The van der Waals surface area contributed by atoms with Gasteiger partial charge < -0.3 is 16.8 Å². The van der Waals surface area contributed by atoms with Crippen LogP contribution in [0, 0.1) is 0 Å². The minimum absolute atomic E-state index is 0.248. The molecule has 0 fully saturated rings. The molecule has 0 aromatic carbocycles. The van der Waals surface area contributed by atoms with Crippen molar-refractivity contribution < 1.29 is 18.0 Å². The van der Waals surface area contributed by atoms with Crippen LogP contribution in [0.4, 0.5) is 13.2 Å². The molecule has 0 unspecified atom stereocenters. The zero-order chi connectivity index (χ0) is 12.1. The molecule has 0 saturated carbocycles. The average molecular weight is 221 g/mol. The van der Waals surface area contributed by atoms with Gasteiger partial charge in [0.25, 0.3) is 0 Å². The second-order valence-electron chi connectivity index (χ2n) is 2.60. The molecule has 0 rings (SSSR count). The molecule has 5 N–H and O–H groups in total. The summed E-state index contributed by atoms with van der Waals surface area (Å²) in [4.78, 5) is 9.76. The molecule has 0 radical (unpaired) electrons. The number of halogens is 3. The number of hydrogen-bond acceptors (Lipinski definition) is 4. The van der Waals surface area contributed by atoms with Crippen LogP contribution >= 0.6 is 0 Å². The third-order valence-corrected chi connectivity index (χ3v) is 1.42. The van der Waals surface area contributed by atoms with Gasteiger partial charge in [-0.3, -0.25) is 0 Å². The topological polar surface area (TPSA) is 81.1 Å². The first-order valence-electron chi connectivity index (χ1n) is 3.75. The summed E-state index contributed by atoms with van der Waals surface area (Å²) in [6, 6.07) is 0. The first kappa shape index (κ1) is 13.1. The van der Waals surface area contributed by atoms with Gasteiger partial charge in [-0.05, 0) is 13.0 Å². The second-order valence-corrected chi connectivity index (χ2v) is 2.60. The van der Waals surface area contributed by atoms with E-state index in [0.29, 0.717) is 6.08 Å². The molecule has 0 saturated heterocycles. The molecular formula is C8H10F3N3O. The van der Waals surface area contributed by atoms with Gasteiger partial charge in [0.05, 0.1) is 11.9 Å².